The van der Waals surface area contributed by atoms with Crippen molar-refractivity contribution in [1.29, 1.82) is 0 Å². The summed E-state index contributed by atoms with van der Waals surface area (Å²) in [5.41, 5.74) is 6.54. The first kappa shape index (κ1) is 25.0. The minimum atomic E-state index is -0.859. The van der Waals surface area contributed by atoms with Gasteiger partial charge in [-0.15, -0.1) is 0 Å². The minimum Gasteiger partial charge on any atom is -0.481 e. The number of aryl methyl sites for hydroxylation is 2. The molecule has 3 aromatic rings. The van der Waals surface area contributed by atoms with Gasteiger partial charge in [-0.05, 0) is 49.8 Å². The first-order chi connectivity index (χ1) is 16.6. The summed E-state index contributed by atoms with van der Waals surface area (Å²) in [4.78, 5) is 23.1. The maximum atomic E-state index is 11.7. The van der Waals surface area contributed by atoms with Gasteiger partial charge in [-0.2, -0.15) is 0 Å². The summed E-state index contributed by atoms with van der Waals surface area (Å²) in [7, 11) is 0. The van der Waals surface area contributed by atoms with E-state index in [1.54, 1.807) is 6.20 Å². The molecule has 0 unspecified atom stereocenters. The van der Waals surface area contributed by atoms with E-state index in [4.69, 9.17) is 16.3 Å². The molecule has 1 N–H and O–H groups in total. The van der Waals surface area contributed by atoms with Crippen molar-refractivity contribution >= 4 is 23.3 Å². The van der Waals surface area contributed by atoms with Gasteiger partial charge in [0.05, 0.1) is 12.1 Å². The summed E-state index contributed by atoms with van der Waals surface area (Å²) in [5.74, 6) is -0.359. The highest BCUT2D eigenvalue weighted by Crippen LogP contribution is 2.40. The van der Waals surface area contributed by atoms with Crippen molar-refractivity contribution in [1.82, 2.24) is 9.97 Å². The van der Waals surface area contributed by atoms with Crippen molar-refractivity contribution in [2.45, 2.75) is 53.6 Å². The van der Waals surface area contributed by atoms with Crippen LogP contribution in [0.4, 0.5) is 5.69 Å². The molecule has 2 aromatic heterocycles. The molecular formula is C28H32ClN3O3. The quantitative estimate of drug-likeness (QED) is 0.419. The molecule has 35 heavy (non-hydrogen) atoms. The minimum absolute atomic E-state index is 0.0618. The molecule has 0 spiro atoms. The van der Waals surface area contributed by atoms with Gasteiger partial charge >= 0.3 is 5.97 Å². The third-order valence-corrected chi connectivity index (χ3v) is 7.25. The van der Waals surface area contributed by atoms with Crippen LogP contribution in [-0.4, -0.2) is 34.1 Å². The number of pyridine rings is 2. The van der Waals surface area contributed by atoms with Gasteiger partial charge < -0.3 is 14.7 Å². The normalized spacial score (nSPS) is 15.2. The average Bonchev–Trinajstić information content (AvgIpc) is 2.80. The Bertz CT molecular complexity index is 1190. The third-order valence-electron chi connectivity index (χ3n) is 6.89. The van der Waals surface area contributed by atoms with Gasteiger partial charge in [0.1, 0.15) is 6.61 Å². The van der Waals surface area contributed by atoms with Gasteiger partial charge in [0.2, 0.25) is 5.88 Å². The van der Waals surface area contributed by atoms with Gasteiger partial charge in [0.25, 0.3) is 0 Å². The Morgan fingerprint density at radius 1 is 1.09 bits per heavy atom. The van der Waals surface area contributed by atoms with Gasteiger partial charge in [-0.1, -0.05) is 37.6 Å². The Kier molecular flexibility index (Phi) is 7.31. The number of aromatic nitrogens is 2. The molecular weight excluding hydrogens is 462 g/mol. The molecule has 0 bridgehead atoms. The van der Waals surface area contributed by atoms with E-state index in [-0.39, 0.29) is 11.8 Å². The fraction of sp³-hybridized carbons (Fsp3) is 0.393. The van der Waals surface area contributed by atoms with Gasteiger partial charge in [-0.3, -0.25) is 9.78 Å². The molecule has 0 radical (unpaired) electrons. The highest BCUT2D eigenvalue weighted by atomic mass is 35.5. The molecule has 4 rings (SSSR count). The number of carboxylic acids is 1. The monoisotopic (exact) mass is 493 g/mol. The first-order valence-electron chi connectivity index (χ1n) is 11.9. The number of rotatable bonds is 7. The number of hydrogen-bond acceptors (Lipinski definition) is 5. The third kappa shape index (κ3) is 5.76. The van der Waals surface area contributed by atoms with Crippen LogP contribution >= 0.6 is 11.6 Å². The number of ether oxygens (including phenoxy) is 1. The lowest BCUT2D eigenvalue weighted by Crippen LogP contribution is -2.38. The maximum absolute atomic E-state index is 11.7. The molecule has 6 nitrogen and oxygen atoms in total. The Morgan fingerprint density at radius 3 is 2.46 bits per heavy atom. The van der Waals surface area contributed by atoms with Gasteiger partial charge in [0.15, 0.2) is 0 Å². The molecule has 1 aliphatic heterocycles. The van der Waals surface area contributed by atoms with Crippen LogP contribution in [0.5, 0.6) is 5.88 Å². The van der Waals surface area contributed by atoms with E-state index in [0.717, 1.165) is 65.1 Å². The van der Waals surface area contributed by atoms with Crippen LogP contribution in [0.15, 0.2) is 42.7 Å². The molecule has 1 saturated heterocycles. The number of carbonyl (C=O) groups is 1. The molecule has 1 fully saturated rings. The Morgan fingerprint density at radius 2 is 1.83 bits per heavy atom. The predicted molar refractivity (Wildman–Crippen MR) is 139 cm³/mol. The first-order valence-corrected chi connectivity index (χ1v) is 12.3. The molecule has 0 saturated carbocycles. The van der Waals surface area contributed by atoms with Crippen LogP contribution in [0.1, 0.15) is 49.1 Å². The largest absolute Gasteiger partial charge is 0.481 e. The average molecular weight is 494 g/mol. The Labute approximate surface area is 211 Å². The van der Waals surface area contributed by atoms with Crippen molar-refractivity contribution in [3.8, 4) is 17.0 Å². The molecule has 0 atom stereocenters. The number of halogens is 1. The summed E-state index contributed by atoms with van der Waals surface area (Å²) in [5, 5.41) is 10.3. The zero-order valence-corrected chi connectivity index (χ0v) is 21.5. The molecule has 0 aliphatic carbocycles. The number of anilines is 1. The topological polar surface area (TPSA) is 75.6 Å². The summed E-state index contributed by atoms with van der Waals surface area (Å²) < 4.78 is 5.91. The molecule has 3 heterocycles. The van der Waals surface area contributed by atoms with Crippen LogP contribution in [0, 0.1) is 19.3 Å². The molecule has 1 aliphatic rings. The lowest BCUT2D eigenvalue weighted by Gasteiger charge is -2.40. The van der Waals surface area contributed by atoms with Crippen LogP contribution in [0.25, 0.3) is 11.1 Å². The van der Waals surface area contributed by atoms with Crippen molar-refractivity contribution in [2.75, 3.05) is 18.0 Å². The number of hydrogen-bond donors (Lipinski definition) is 1. The van der Waals surface area contributed by atoms with Crippen molar-refractivity contribution in [2.24, 2.45) is 5.41 Å². The fourth-order valence-corrected chi connectivity index (χ4v) is 4.80. The van der Waals surface area contributed by atoms with E-state index < -0.39 is 5.97 Å². The molecule has 0 amide bonds. The number of carboxylic acid groups (broad SMARTS) is 1. The highest BCUT2D eigenvalue weighted by molar-refractivity contribution is 6.31. The van der Waals surface area contributed by atoms with Crippen LogP contribution in [-0.2, 0) is 17.8 Å². The maximum Gasteiger partial charge on any atom is 0.307 e. The molecule has 184 valence electrons. The van der Waals surface area contributed by atoms with E-state index in [0.29, 0.717) is 17.5 Å². The molecule has 1 aromatic carbocycles. The number of piperidine rings is 1. The van der Waals surface area contributed by atoms with Crippen LogP contribution in [0.2, 0.25) is 5.02 Å². The van der Waals surface area contributed by atoms with E-state index in [1.807, 2.05) is 50.4 Å². The number of benzene rings is 1. The highest BCUT2D eigenvalue weighted by Gasteiger charge is 2.29. The lowest BCUT2D eigenvalue weighted by atomic mass is 9.82. The second-order valence-electron chi connectivity index (χ2n) is 10.0. The standard InChI is InChI=1S/C28H32ClN3O3/c1-18-6-5-7-24(29)23(18)17-35-25-9-8-20(15-31-25)22-16-30-19(2)21(14-26(33)34)27(22)32-12-10-28(3,4)11-13-32/h5-9,15-16H,10-14,17H2,1-4H3,(H,33,34). The van der Waals surface area contributed by atoms with E-state index in [2.05, 4.69) is 28.7 Å². The van der Waals surface area contributed by atoms with E-state index in [9.17, 15) is 9.90 Å². The van der Waals surface area contributed by atoms with Gasteiger partial charge in [0, 0.05) is 64.5 Å². The SMILES string of the molecule is Cc1cccc(Cl)c1COc1ccc(-c2cnc(C)c(CC(=O)O)c2N2CCC(C)(C)CC2)cn1. The van der Waals surface area contributed by atoms with Gasteiger partial charge in [-0.25, -0.2) is 4.98 Å². The van der Waals surface area contributed by atoms with Crippen molar-refractivity contribution in [3.05, 3.63) is 70.1 Å². The lowest BCUT2D eigenvalue weighted by molar-refractivity contribution is -0.136. The zero-order valence-electron chi connectivity index (χ0n) is 20.8. The Hall–Kier alpha value is -3.12. The summed E-state index contributed by atoms with van der Waals surface area (Å²) in [6.07, 6.45) is 5.64. The Balaban J connectivity index is 1.64. The fourth-order valence-electron chi connectivity index (χ4n) is 4.53. The van der Waals surface area contributed by atoms with E-state index >= 15 is 0 Å². The van der Waals surface area contributed by atoms with Crippen molar-refractivity contribution in [3.63, 3.8) is 0 Å². The van der Waals surface area contributed by atoms with Crippen LogP contribution in [0.3, 0.4) is 0 Å². The second kappa shape index (κ2) is 10.2. The summed E-state index contributed by atoms with van der Waals surface area (Å²) >= 11 is 6.32. The number of aliphatic carboxylic acids is 1. The molecule has 7 heteroatoms. The zero-order chi connectivity index (χ0) is 25.2. The summed E-state index contributed by atoms with van der Waals surface area (Å²) in [6, 6.07) is 9.57. The number of nitrogens with zero attached hydrogens (tertiary/aromatic N) is 3. The smallest absolute Gasteiger partial charge is 0.307 e. The van der Waals surface area contributed by atoms with Crippen LogP contribution < -0.4 is 9.64 Å². The summed E-state index contributed by atoms with van der Waals surface area (Å²) in [6.45, 7) is 10.5. The van der Waals surface area contributed by atoms with E-state index in [1.165, 1.54) is 0 Å². The second-order valence-corrected chi connectivity index (χ2v) is 10.4. The van der Waals surface area contributed by atoms with Crippen molar-refractivity contribution < 1.29 is 14.6 Å². The predicted octanol–water partition coefficient (Wildman–Crippen LogP) is 6.25.